The lowest BCUT2D eigenvalue weighted by Crippen LogP contribution is -2.26. The van der Waals surface area contributed by atoms with Crippen LogP contribution in [0.15, 0.2) is 24.3 Å². The lowest BCUT2D eigenvalue weighted by Gasteiger charge is -2.08. The summed E-state index contributed by atoms with van der Waals surface area (Å²) in [6.07, 6.45) is -5.00. The minimum Gasteiger partial charge on any atom is -0.395 e. The molecular formula is C15H16F3NO2. The minimum atomic E-state index is -4.21. The molecule has 0 radical (unpaired) electrons. The molecule has 0 aliphatic rings. The molecule has 0 unspecified atom stereocenters. The highest BCUT2D eigenvalue weighted by atomic mass is 19.4. The molecule has 0 spiro atoms. The van der Waals surface area contributed by atoms with Crippen LogP contribution in [0.3, 0.4) is 0 Å². The highest BCUT2D eigenvalue weighted by Gasteiger charge is 2.26. The molecular weight excluding hydrogens is 283 g/mol. The molecule has 21 heavy (non-hydrogen) atoms. The molecule has 114 valence electrons. The number of hydrogen-bond donors (Lipinski definition) is 2. The second-order valence-corrected chi connectivity index (χ2v) is 4.30. The second kappa shape index (κ2) is 8.32. The van der Waals surface area contributed by atoms with Crippen molar-refractivity contribution in [2.45, 2.75) is 25.4 Å². The molecule has 0 bridgehead atoms. The van der Waals surface area contributed by atoms with Gasteiger partial charge in [0.05, 0.1) is 12.2 Å². The van der Waals surface area contributed by atoms with Crippen LogP contribution in [0.4, 0.5) is 13.2 Å². The first-order chi connectivity index (χ1) is 9.94. The van der Waals surface area contributed by atoms with Crippen LogP contribution in [-0.2, 0) is 0 Å². The lowest BCUT2D eigenvalue weighted by atomic mass is 10.1. The zero-order valence-electron chi connectivity index (χ0n) is 11.3. The maximum absolute atomic E-state index is 12.0. The summed E-state index contributed by atoms with van der Waals surface area (Å²) in [6, 6.07) is 6.57. The first kappa shape index (κ1) is 17.1. The van der Waals surface area contributed by atoms with Crippen molar-refractivity contribution in [1.82, 2.24) is 5.32 Å². The molecule has 3 nitrogen and oxygen atoms in total. The number of aliphatic hydroxyl groups is 1. The third-order valence-corrected chi connectivity index (χ3v) is 2.55. The quantitative estimate of drug-likeness (QED) is 0.648. The van der Waals surface area contributed by atoms with Crippen molar-refractivity contribution in [2.24, 2.45) is 0 Å². The fourth-order valence-corrected chi connectivity index (χ4v) is 1.59. The van der Waals surface area contributed by atoms with E-state index in [2.05, 4.69) is 17.2 Å². The van der Waals surface area contributed by atoms with Crippen molar-refractivity contribution in [3.63, 3.8) is 0 Å². The van der Waals surface area contributed by atoms with Gasteiger partial charge in [-0.3, -0.25) is 4.79 Å². The summed E-state index contributed by atoms with van der Waals surface area (Å²) in [5, 5.41) is 11.1. The number of benzene rings is 1. The van der Waals surface area contributed by atoms with Crippen molar-refractivity contribution in [3.05, 3.63) is 35.4 Å². The predicted octanol–water partition coefficient (Wildman–Crippen LogP) is 2.49. The van der Waals surface area contributed by atoms with Crippen LogP contribution in [0.1, 0.15) is 35.2 Å². The van der Waals surface area contributed by atoms with Crippen molar-refractivity contribution in [3.8, 4) is 11.8 Å². The van der Waals surface area contributed by atoms with E-state index in [0.717, 1.165) is 0 Å². The van der Waals surface area contributed by atoms with E-state index < -0.39 is 18.5 Å². The van der Waals surface area contributed by atoms with Gasteiger partial charge in [0.25, 0.3) is 5.91 Å². The summed E-state index contributed by atoms with van der Waals surface area (Å²) in [5.41, 5.74) is 0.800. The van der Waals surface area contributed by atoms with Gasteiger partial charge in [-0.05, 0) is 18.6 Å². The van der Waals surface area contributed by atoms with E-state index in [4.69, 9.17) is 5.11 Å². The van der Waals surface area contributed by atoms with Gasteiger partial charge >= 0.3 is 6.18 Å². The summed E-state index contributed by atoms with van der Waals surface area (Å²) in [7, 11) is 0. The fraction of sp³-hybridized carbons (Fsp3) is 0.400. The molecule has 1 aromatic carbocycles. The number of hydrogen-bond acceptors (Lipinski definition) is 2. The standard InChI is InChI=1S/C15H16F3NO2/c16-15(17,18)9-5-10-19-14(21)13-8-2-1-6-12(13)7-3-4-11-20/h1-2,6,8,20H,4-5,9-11H2,(H,19,21). The molecule has 0 aliphatic heterocycles. The van der Waals surface area contributed by atoms with Crippen LogP contribution in [0, 0.1) is 11.8 Å². The first-order valence-corrected chi connectivity index (χ1v) is 6.48. The van der Waals surface area contributed by atoms with Gasteiger partial charge in [-0.2, -0.15) is 13.2 Å². The third kappa shape index (κ3) is 6.82. The highest BCUT2D eigenvalue weighted by Crippen LogP contribution is 2.20. The van der Waals surface area contributed by atoms with Gasteiger partial charge < -0.3 is 10.4 Å². The molecule has 2 N–H and O–H groups in total. The average Bonchev–Trinajstić information content (AvgIpc) is 2.43. The second-order valence-electron chi connectivity index (χ2n) is 4.30. The lowest BCUT2D eigenvalue weighted by molar-refractivity contribution is -0.135. The normalized spacial score (nSPS) is 10.7. The number of amides is 1. The smallest absolute Gasteiger partial charge is 0.389 e. The van der Waals surface area contributed by atoms with E-state index in [1.807, 2.05) is 0 Å². The molecule has 0 aliphatic carbocycles. The summed E-state index contributed by atoms with van der Waals surface area (Å²) >= 11 is 0. The van der Waals surface area contributed by atoms with E-state index in [9.17, 15) is 18.0 Å². The Labute approximate surface area is 121 Å². The Kier molecular flexibility index (Phi) is 6.76. The molecule has 1 rings (SSSR count). The number of rotatable bonds is 5. The molecule has 0 saturated carbocycles. The van der Waals surface area contributed by atoms with Gasteiger partial charge in [0.15, 0.2) is 0 Å². The topological polar surface area (TPSA) is 49.3 Å². The Morgan fingerprint density at radius 2 is 2.00 bits per heavy atom. The van der Waals surface area contributed by atoms with Crippen LogP contribution < -0.4 is 5.32 Å². The van der Waals surface area contributed by atoms with Crippen LogP contribution in [0.25, 0.3) is 0 Å². The zero-order valence-corrected chi connectivity index (χ0v) is 11.3. The average molecular weight is 299 g/mol. The van der Waals surface area contributed by atoms with Crippen LogP contribution in [0.5, 0.6) is 0 Å². The largest absolute Gasteiger partial charge is 0.395 e. The van der Waals surface area contributed by atoms with E-state index in [1.165, 1.54) is 0 Å². The number of alkyl halides is 3. The fourth-order valence-electron chi connectivity index (χ4n) is 1.59. The van der Waals surface area contributed by atoms with Crippen LogP contribution >= 0.6 is 0 Å². The number of aliphatic hydroxyl groups excluding tert-OH is 1. The Bertz CT molecular complexity index is 530. The highest BCUT2D eigenvalue weighted by molar-refractivity contribution is 5.96. The maximum Gasteiger partial charge on any atom is 0.389 e. The van der Waals surface area contributed by atoms with Crippen LogP contribution in [-0.4, -0.2) is 30.3 Å². The number of halogens is 3. The van der Waals surface area contributed by atoms with E-state index in [-0.39, 0.29) is 19.6 Å². The Hall–Kier alpha value is -2.00. The van der Waals surface area contributed by atoms with E-state index in [1.54, 1.807) is 24.3 Å². The van der Waals surface area contributed by atoms with Gasteiger partial charge in [0, 0.05) is 24.9 Å². The molecule has 0 aromatic heterocycles. The number of carbonyl (C=O) groups is 1. The van der Waals surface area contributed by atoms with Gasteiger partial charge in [-0.1, -0.05) is 24.0 Å². The third-order valence-electron chi connectivity index (χ3n) is 2.55. The minimum absolute atomic E-state index is 0.0449. The number of carbonyl (C=O) groups excluding carboxylic acids is 1. The monoisotopic (exact) mass is 299 g/mol. The summed E-state index contributed by atoms with van der Waals surface area (Å²) < 4.78 is 36.0. The predicted molar refractivity (Wildman–Crippen MR) is 72.6 cm³/mol. The Morgan fingerprint density at radius 1 is 1.29 bits per heavy atom. The Balaban J connectivity index is 2.60. The van der Waals surface area contributed by atoms with Crippen molar-refractivity contribution >= 4 is 5.91 Å². The van der Waals surface area contributed by atoms with E-state index >= 15 is 0 Å². The molecule has 0 saturated heterocycles. The van der Waals surface area contributed by atoms with Crippen LogP contribution in [0.2, 0.25) is 0 Å². The van der Waals surface area contributed by atoms with Crippen molar-refractivity contribution in [2.75, 3.05) is 13.2 Å². The summed E-state index contributed by atoms with van der Waals surface area (Å²) in [6.45, 7) is -0.116. The zero-order chi connectivity index (χ0) is 15.7. The van der Waals surface area contributed by atoms with Gasteiger partial charge in [-0.25, -0.2) is 0 Å². The SMILES string of the molecule is O=C(NCCCC(F)(F)F)c1ccccc1C#CCCO. The summed E-state index contributed by atoms with van der Waals surface area (Å²) in [5.74, 6) is 5.01. The number of nitrogens with one attached hydrogen (secondary N) is 1. The molecule has 0 atom stereocenters. The molecule has 6 heteroatoms. The summed E-state index contributed by atoms with van der Waals surface area (Å²) in [4.78, 5) is 11.9. The molecule has 1 amide bonds. The van der Waals surface area contributed by atoms with Gasteiger partial charge in [-0.15, -0.1) is 0 Å². The maximum atomic E-state index is 12.0. The molecule has 0 heterocycles. The van der Waals surface area contributed by atoms with Gasteiger partial charge in [0.1, 0.15) is 0 Å². The Morgan fingerprint density at radius 3 is 2.67 bits per heavy atom. The van der Waals surface area contributed by atoms with Crippen molar-refractivity contribution < 1.29 is 23.1 Å². The molecule has 1 aromatic rings. The van der Waals surface area contributed by atoms with E-state index in [0.29, 0.717) is 17.5 Å². The molecule has 0 fully saturated rings. The van der Waals surface area contributed by atoms with Crippen molar-refractivity contribution in [1.29, 1.82) is 0 Å². The first-order valence-electron chi connectivity index (χ1n) is 6.48. The van der Waals surface area contributed by atoms with Gasteiger partial charge in [0.2, 0.25) is 0 Å².